The zero-order valence-corrected chi connectivity index (χ0v) is 12.5. The molecule has 7 heteroatoms. The van der Waals surface area contributed by atoms with Crippen LogP contribution in [-0.4, -0.2) is 26.9 Å². The van der Waals surface area contributed by atoms with E-state index in [1.165, 1.54) is 0 Å². The third-order valence-corrected chi connectivity index (χ3v) is 5.38. The van der Waals surface area contributed by atoms with Crippen molar-refractivity contribution in [2.24, 2.45) is 11.1 Å². The summed E-state index contributed by atoms with van der Waals surface area (Å²) in [6, 6.07) is 5.15. The Balaban J connectivity index is 2.22. The Bertz CT molecular complexity index is 562. The first kappa shape index (κ1) is 15.1. The molecule has 1 heterocycles. The van der Waals surface area contributed by atoms with Gasteiger partial charge in [0, 0.05) is 22.6 Å². The summed E-state index contributed by atoms with van der Waals surface area (Å²) < 4.78 is 28.6. The van der Waals surface area contributed by atoms with Gasteiger partial charge in [-0.1, -0.05) is 23.2 Å². The van der Waals surface area contributed by atoms with Crippen molar-refractivity contribution >= 4 is 33.2 Å². The molecule has 19 heavy (non-hydrogen) atoms. The van der Waals surface area contributed by atoms with E-state index in [0.29, 0.717) is 36.1 Å². The van der Waals surface area contributed by atoms with E-state index in [0.717, 1.165) is 5.56 Å². The van der Waals surface area contributed by atoms with E-state index in [9.17, 15) is 8.42 Å². The smallest absolute Gasteiger partial charge is 0.212 e. The van der Waals surface area contributed by atoms with Crippen molar-refractivity contribution in [3.05, 3.63) is 33.8 Å². The maximum atomic E-state index is 11.6. The van der Waals surface area contributed by atoms with E-state index >= 15 is 0 Å². The van der Waals surface area contributed by atoms with Gasteiger partial charge in [0.25, 0.3) is 0 Å². The van der Waals surface area contributed by atoms with Crippen molar-refractivity contribution in [3.8, 4) is 0 Å². The molecular weight excluding hydrogens is 309 g/mol. The van der Waals surface area contributed by atoms with Crippen molar-refractivity contribution in [1.29, 1.82) is 0 Å². The molecule has 0 saturated carbocycles. The largest absolute Gasteiger partial charge is 0.381 e. The van der Waals surface area contributed by atoms with Crippen LogP contribution in [0.15, 0.2) is 18.2 Å². The molecule has 4 nitrogen and oxygen atoms in total. The molecule has 0 bridgehead atoms. The van der Waals surface area contributed by atoms with Crippen LogP contribution in [0.4, 0.5) is 0 Å². The van der Waals surface area contributed by atoms with E-state index in [-0.39, 0.29) is 5.92 Å². The highest BCUT2D eigenvalue weighted by atomic mass is 35.5. The van der Waals surface area contributed by atoms with Gasteiger partial charge >= 0.3 is 0 Å². The predicted molar refractivity (Wildman–Crippen MR) is 76.0 cm³/mol. The number of rotatable bonds is 3. The predicted octanol–water partition coefficient (Wildman–Crippen LogP) is 2.23. The van der Waals surface area contributed by atoms with E-state index in [2.05, 4.69) is 0 Å². The minimum absolute atomic E-state index is 0.195. The highest BCUT2D eigenvalue weighted by Gasteiger charge is 2.34. The molecule has 106 valence electrons. The molecule has 0 amide bonds. The first-order valence-corrected chi connectivity index (χ1v) is 8.28. The second-order valence-corrected chi connectivity index (χ2v) is 7.32. The van der Waals surface area contributed by atoms with E-state index < -0.39 is 15.3 Å². The molecule has 1 fully saturated rings. The second-order valence-electron chi connectivity index (χ2n) is 4.69. The normalized spacial score (nSPS) is 24.4. The molecular formula is C12H15Cl2NO3S. The van der Waals surface area contributed by atoms with Crippen molar-refractivity contribution < 1.29 is 13.2 Å². The van der Waals surface area contributed by atoms with Gasteiger partial charge < -0.3 is 4.74 Å². The molecule has 2 rings (SSSR count). The van der Waals surface area contributed by atoms with Crippen LogP contribution in [0, 0.1) is 5.92 Å². The van der Waals surface area contributed by atoms with Crippen LogP contribution < -0.4 is 5.14 Å². The van der Waals surface area contributed by atoms with Crippen molar-refractivity contribution in [2.75, 3.05) is 13.2 Å². The van der Waals surface area contributed by atoms with Gasteiger partial charge in [0.05, 0.1) is 11.9 Å². The molecule has 0 aliphatic carbocycles. The molecule has 1 aliphatic rings. The summed E-state index contributed by atoms with van der Waals surface area (Å²) >= 11 is 12.0. The highest BCUT2D eigenvalue weighted by Crippen LogP contribution is 2.28. The summed E-state index contributed by atoms with van der Waals surface area (Å²) in [4.78, 5) is 0. The van der Waals surface area contributed by atoms with E-state index in [1.807, 2.05) is 0 Å². The number of primary sulfonamides is 1. The van der Waals surface area contributed by atoms with E-state index in [1.54, 1.807) is 18.2 Å². The van der Waals surface area contributed by atoms with Gasteiger partial charge in [-0.3, -0.25) is 0 Å². The zero-order valence-electron chi connectivity index (χ0n) is 10.2. The quantitative estimate of drug-likeness (QED) is 0.927. The van der Waals surface area contributed by atoms with Crippen LogP contribution in [0.2, 0.25) is 10.0 Å². The van der Waals surface area contributed by atoms with Gasteiger partial charge in [-0.25, -0.2) is 13.6 Å². The number of hydrogen-bond donors (Lipinski definition) is 1. The average molecular weight is 324 g/mol. The molecule has 1 saturated heterocycles. The number of halogens is 2. The van der Waals surface area contributed by atoms with Crippen LogP contribution in [0.1, 0.15) is 12.0 Å². The fraction of sp³-hybridized carbons (Fsp3) is 0.500. The zero-order chi connectivity index (χ0) is 14.0. The number of nitrogens with two attached hydrogens (primary N) is 1. The van der Waals surface area contributed by atoms with Crippen LogP contribution in [0.5, 0.6) is 0 Å². The second kappa shape index (κ2) is 5.97. The highest BCUT2D eigenvalue weighted by molar-refractivity contribution is 7.89. The van der Waals surface area contributed by atoms with Crippen LogP contribution >= 0.6 is 23.2 Å². The van der Waals surface area contributed by atoms with Crippen LogP contribution in [0.25, 0.3) is 0 Å². The molecule has 1 aromatic carbocycles. The Kier molecular flexibility index (Phi) is 4.74. The molecule has 0 spiro atoms. The molecule has 1 aromatic rings. The lowest BCUT2D eigenvalue weighted by atomic mass is 9.93. The first-order chi connectivity index (χ1) is 8.88. The Morgan fingerprint density at radius 3 is 2.79 bits per heavy atom. The molecule has 1 aliphatic heterocycles. The molecule has 2 atom stereocenters. The summed E-state index contributed by atoms with van der Waals surface area (Å²) in [6.45, 7) is 0.783. The van der Waals surface area contributed by atoms with Gasteiger partial charge in [-0.15, -0.1) is 0 Å². The molecule has 0 radical (unpaired) electrons. The topological polar surface area (TPSA) is 69.4 Å². The molecule has 0 unspecified atom stereocenters. The van der Waals surface area contributed by atoms with Gasteiger partial charge in [0.2, 0.25) is 10.0 Å². The summed E-state index contributed by atoms with van der Waals surface area (Å²) in [7, 11) is -3.57. The van der Waals surface area contributed by atoms with Crippen molar-refractivity contribution in [1.82, 2.24) is 0 Å². The van der Waals surface area contributed by atoms with Crippen molar-refractivity contribution in [2.45, 2.75) is 18.1 Å². The van der Waals surface area contributed by atoms with Gasteiger partial charge in [-0.2, -0.15) is 0 Å². The maximum Gasteiger partial charge on any atom is 0.212 e. The lowest BCUT2D eigenvalue weighted by Gasteiger charge is -2.30. The number of ether oxygens (including phenoxy) is 1. The molecule has 2 N–H and O–H groups in total. The average Bonchev–Trinajstić information content (AvgIpc) is 2.33. The van der Waals surface area contributed by atoms with Gasteiger partial charge in [-0.05, 0) is 36.6 Å². The lowest BCUT2D eigenvalue weighted by Crippen LogP contribution is -2.42. The third kappa shape index (κ3) is 3.83. The van der Waals surface area contributed by atoms with Crippen LogP contribution in [0.3, 0.4) is 0 Å². The standard InChI is InChI=1S/C12H15Cl2NO3S/c13-10-1-2-11(14)8(6-10)5-9-7-18-4-3-12(9)19(15,16)17/h1-2,6,9,12H,3-5,7H2,(H2,15,16,17)/t9-,12-/m0/s1. The number of sulfonamides is 1. The lowest BCUT2D eigenvalue weighted by molar-refractivity contribution is 0.0573. The fourth-order valence-electron chi connectivity index (χ4n) is 2.38. The minimum Gasteiger partial charge on any atom is -0.381 e. The summed E-state index contributed by atoms with van der Waals surface area (Å²) in [5.41, 5.74) is 0.818. The summed E-state index contributed by atoms with van der Waals surface area (Å²) in [5.74, 6) is -0.195. The Morgan fingerprint density at radius 1 is 1.37 bits per heavy atom. The Labute approximate surface area is 122 Å². The third-order valence-electron chi connectivity index (χ3n) is 3.32. The first-order valence-electron chi connectivity index (χ1n) is 5.91. The van der Waals surface area contributed by atoms with Gasteiger partial charge in [0.1, 0.15) is 0 Å². The Hall–Kier alpha value is -0.330. The van der Waals surface area contributed by atoms with Crippen molar-refractivity contribution in [3.63, 3.8) is 0 Å². The van der Waals surface area contributed by atoms with Gasteiger partial charge in [0.15, 0.2) is 0 Å². The maximum absolute atomic E-state index is 11.6. The minimum atomic E-state index is -3.57. The van der Waals surface area contributed by atoms with Crippen LogP contribution in [-0.2, 0) is 21.2 Å². The summed E-state index contributed by atoms with van der Waals surface area (Å²) in [6.07, 6.45) is 0.905. The van der Waals surface area contributed by atoms with E-state index in [4.69, 9.17) is 33.1 Å². The molecule has 0 aromatic heterocycles. The number of hydrogen-bond acceptors (Lipinski definition) is 3. The SMILES string of the molecule is NS(=O)(=O)[C@H]1CCOC[C@@H]1Cc1cc(Cl)ccc1Cl. The monoisotopic (exact) mass is 323 g/mol. The fourth-order valence-corrected chi connectivity index (χ4v) is 3.91. The summed E-state index contributed by atoms with van der Waals surface area (Å²) in [5, 5.41) is 5.84. The Morgan fingerprint density at radius 2 is 2.11 bits per heavy atom. The number of benzene rings is 1.